The maximum Gasteiger partial charge on any atom is 0.271 e. The van der Waals surface area contributed by atoms with Crippen molar-refractivity contribution in [2.75, 3.05) is 13.1 Å². The van der Waals surface area contributed by atoms with Gasteiger partial charge in [0.1, 0.15) is 0 Å². The Labute approximate surface area is 176 Å². The molecule has 3 aliphatic rings. The van der Waals surface area contributed by atoms with E-state index < -0.39 is 0 Å². The second-order valence-corrected chi connectivity index (χ2v) is 8.47. The number of aryl methyl sites for hydroxylation is 1. The van der Waals surface area contributed by atoms with Crippen molar-refractivity contribution in [1.82, 2.24) is 20.1 Å². The Hall–Kier alpha value is -2.99. The number of allylic oxidation sites excluding steroid dienone is 4. The molecule has 30 heavy (non-hydrogen) atoms. The van der Waals surface area contributed by atoms with Crippen LogP contribution in [0, 0.1) is 11.8 Å². The van der Waals surface area contributed by atoms with Crippen LogP contribution in [0.4, 0.5) is 0 Å². The first kappa shape index (κ1) is 19.0. The Balaban J connectivity index is 1.49. The van der Waals surface area contributed by atoms with Crippen molar-refractivity contribution in [3.8, 4) is 0 Å². The molecule has 1 unspecified atom stereocenters. The number of nitrogens with one attached hydrogen (secondary N) is 1. The Bertz CT molecular complexity index is 1110. The van der Waals surface area contributed by atoms with E-state index in [-0.39, 0.29) is 11.8 Å². The van der Waals surface area contributed by atoms with Gasteiger partial charge in [0.25, 0.3) is 5.91 Å². The maximum absolute atomic E-state index is 13.3. The molecule has 0 aliphatic carbocycles. The Kier molecular flexibility index (Phi) is 4.87. The first-order valence-electron chi connectivity index (χ1n) is 10.8. The van der Waals surface area contributed by atoms with Crippen LogP contribution in [0.15, 0.2) is 59.5 Å². The minimum atomic E-state index is -0.0788. The van der Waals surface area contributed by atoms with Gasteiger partial charge >= 0.3 is 0 Å². The summed E-state index contributed by atoms with van der Waals surface area (Å²) in [6.45, 7) is 4.19. The van der Waals surface area contributed by atoms with Crippen LogP contribution >= 0.6 is 0 Å². The predicted molar refractivity (Wildman–Crippen MR) is 120 cm³/mol. The molecular weight excluding hydrogens is 374 g/mol. The van der Waals surface area contributed by atoms with Crippen LogP contribution in [0.2, 0.25) is 0 Å². The number of nitrogens with zero attached hydrogens (tertiary/aromatic N) is 4. The molecule has 1 aromatic heterocycles. The SMILES string of the molecule is CC1CC=C2C=CC(C3CCNCC3)=NN2C(=O)C=C1c1ccc2nn(C)cc2c1. The molecule has 1 aromatic carbocycles. The number of piperidine rings is 1. The minimum Gasteiger partial charge on any atom is -0.317 e. The number of amides is 1. The van der Waals surface area contributed by atoms with Crippen LogP contribution in [0.5, 0.6) is 0 Å². The van der Waals surface area contributed by atoms with Crippen LogP contribution < -0.4 is 5.32 Å². The van der Waals surface area contributed by atoms with Gasteiger partial charge in [0, 0.05) is 30.6 Å². The van der Waals surface area contributed by atoms with E-state index in [0.717, 1.165) is 65.8 Å². The van der Waals surface area contributed by atoms with Gasteiger partial charge in [0.15, 0.2) is 0 Å². The molecule has 0 radical (unpaired) electrons. The molecule has 5 rings (SSSR count). The number of carbonyl (C=O) groups excluding carboxylic acids is 1. The average Bonchev–Trinajstić information content (AvgIpc) is 3.14. The fourth-order valence-electron chi connectivity index (χ4n) is 4.57. The zero-order valence-electron chi connectivity index (χ0n) is 17.5. The number of carbonyl (C=O) groups is 1. The Morgan fingerprint density at radius 3 is 2.83 bits per heavy atom. The zero-order chi connectivity index (χ0) is 20.7. The third kappa shape index (κ3) is 3.52. The molecule has 1 atom stereocenters. The van der Waals surface area contributed by atoms with Gasteiger partial charge in [-0.15, -0.1) is 0 Å². The van der Waals surface area contributed by atoms with Crippen molar-refractivity contribution in [2.45, 2.75) is 26.2 Å². The van der Waals surface area contributed by atoms with E-state index >= 15 is 0 Å². The lowest BCUT2D eigenvalue weighted by Crippen LogP contribution is -2.35. The molecule has 1 saturated heterocycles. The second-order valence-electron chi connectivity index (χ2n) is 8.47. The smallest absolute Gasteiger partial charge is 0.271 e. The number of hydrazone groups is 1. The quantitative estimate of drug-likeness (QED) is 0.836. The van der Waals surface area contributed by atoms with Gasteiger partial charge in [-0.3, -0.25) is 9.48 Å². The highest BCUT2D eigenvalue weighted by molar-refractivity contribution is 6.03. The molecule has 0 bridgehead atoms. The number of benzene rings is 1. The molecule has 0 spiro atoms. The predicted octanol–water partition coefficient (Wildman–Crippen LogP) is 3.63. The fourth-order valence-corrected chi connectivity index (χ4v) is 4.57. The standard InChI is InChI=1S/C24H27N5O/c1-16-3-5-20-6-8-22(17-9-11-25-12-10-17)27-29(20)24(30)14-21(16)18-4-7-23-19(13-18)15-28(2)26-23/h4-8,13-17,25H,3,9-12H2,1-2H3. The lowest BCUT2D eigenvalue weighted by atomic mass is 9.88. The monoisotopic (exact) mass is 401 g/mol. The summed E-state index contributed by atoms with van der Waals surface area (Å²) >= 11 is 0. The minimum absolute atomic E-state index is 0.0788. The maximum atomic E-state index is 13.3. The molecule has 2 aromatic rings. The molecular formula is C24H27N5O. The van der Waals surface area contributed by atoms with E-state index in [2.05, 4.69) is 47.7 Å². The van der Waals surface area contributed by atoms with Gasteiger partial charge in [-0.2, -0.15) is 15.2 Å². The summed E-state index contributed by atoms with van der Waals surface area (Å²) in [4.78, 5) is 13.3. The van der Waals surface area contributed by atoms with Crippen molar-refractivity contribution >= 4 is 28.1 Å². The average molecular weight is 402 g/mol. The number of rotatable bonds is 2. The first-order chi connectivity index (χ1) is 14.6. The lowest BCUT2D eigenvalue weighted by Gasteiger charge is -2.29. The van der Waals surface area contributed by atoms with E-state index in [4.69, 9.17) is 5.10 Å². The van der Waals surface area contributed by atoms with E-state index in [1.165, 1.54) is 0 Å². The molecule has 1 amide bonds. The number of hydrogen-bond acceptors (Lipinski definition) is 4. The molecule has 6 nitrogen and oxygen atoms in total. The summed E-state index contributed by atoms with van der Waals surface area (Å²) in [7, 11) is 1.93. The highest BCUT2D eigenvalue weighted by Crippen LogP contribution is 2.32. The van der Waals surface area contributed by atoms with E-state index in [0.29, 0.717) is 5.92 Å². The van der Waals surface area contributed by atoms with Crippen LogP contribution in [-0.4, -0.2) is 39.5 Å². The van der Waals surface area contributed by atoms with Crippen molar-refractivity contribution in [3.05, 3.63) is 60.0 Å². The largest absolute Gasteiger partial charge is 0.317 e. The normalized spacial score (nSPS) is 22.9. The second kappa shape index (κ2) is 7.69. The summed E-state index contributed by atoms with van der Waals surface area (Å²) in [5, 5.41) is 15.3. The van der Waals surface area contributed by atoms with Gasteiger partial charge in [-0.1, -0.05) is 19.1 Å². The molecule has 1 N–H and O–H groups in total. The molecule has 3 aliphatic heterocycles. The Morgan fingerprint density at radius 2 is 2.00 bits per heavy atom. The first-order valence-corrected chi connectivity index (χ1v) is 10.8. The van der Waals surface area contributed by atoms with Crippen molar-refractivity contribution in [3.63, 3.8) is 0 Å². The topological polar surface area (TPSA) is 62.5 Å². The fraction of sp³-hybridized carbons (Fsp3) is 0.375. The number of aromatic nitrogens is 2. The summed E-state index contributed by atoms with van der Waals surface area (Å²) < 4.78 is 1.82. The number of hydrogen-bond donors (Lipinski definition) is 1. The van der Waals surface area contributed by atoms with E-state index in [1.54, 1.807) is 11.1 Å². The number of fused-ring (bicyclic) bond motifs is 2. The van der Waals surface area contributed by atoms with Crippen LogP contribution in [0.1, 0.15) is 31.7 Å². The van der Waals surface area contributed by atoms with Crippen molar-refractivity contribution < 1.29 is 4.79 Å². The summed E-state index contributed by atoms with van der Waals surface area (Å²) in [6, 6.07) is 6.22. The zero-order valence-corrected chi connectivity index (χ0v) is 17.5. The van der Waals surface area contributed by atoms with Crippen LogP contribution in [-0.2, 0) is 11.8 Å². The lowest BCUT2D eigenvalue weighted by molar-refractivity contribution is -0.124. The Morgan fingerprint density at radius 1 is 1.17 bits per heavy atom. The molecule has 4 heterocycles. The van der Waals surface area contributed by atoms with Gasteiger partial charge in [0.05, 0.1) is 16.9 Å². The van der Waals surface area contributed by atoms with Crippen LogP contribution in [0.3, 0.4) is 0 Å². The summed E-state index contributed by atoms with van der Waals surface area (Å²) in [5.41, 5.74) is 4.98. The summed E-state index contributed by atoms with van der Waals surface area (Å²) in [5.74, 6) is 0.573. The van der Waals surface area contributed by atoms with Gasteiger partial charge in [-0.25, -0.2) is 0 Å². The van der Waals surface area contributed by atoms with E-state index in [1.807, 2.05) is 24.0 Å². The third-order valence-corrected chi connectivity index (χ3v) is 6.29. The third-order valence-electron chi connectivity index (χ3n) is 6.29. The molecule has 6 heteroatoms. The highest BCUT2D eigenvalue weighted by Gasteiger charge is 2.26. The van der Waals surface area contributed by atoms with E-state index in [9.17, 15) is 4.79 Å². The van der Waals surface area contributed by atoms with Crippen molar-refractivity contribution in [2.24, 2.45) is 24.0 Å². The molecule has 0 saturated carbocycles. The van der Waals surface area contributed by atoms with Gasteiger partial charge in [0.2, 0.25) is 0 Å². The molecule has 1 fully saturated rings. The highest BCUT2D eigenvalue weighted by atomic mass is 16.2. The van der Waals surface area contributed by atoms with Crippen LogP contribution in [0.25, 0.3) is 16.5 Å². The van der Waals surface area contributed by atoms with Gasteiger partial charge < -0.3 is 5.32 Å². The summed E-state index contributed by atoms with van der Waals surface area (Å²) in [6.07, 6.45) is 13.1. The van der Waals surface area contributed by atoms with Gasteiger partial charge in [-0.05, 0) is 73.7 Å². The molecule has 154 valence electrons. The van der Waals surface area contributed by atoms with Crippen molar-refractivity contribution in [1.29, 1.82) is 0 Å².